The molecule has 0 aliphatic carbocycles. The standard InChI is InChI=1S/C30H32FNO3/c1-22-8-12-24(13-9-22)25(14-10-23-11-15-28(35-2)27(31)20-23)21-29(33)32-18-16-30(34,17-19-32)26-6-4-3-5-7-26/h3-9,11-13,15,20-21,34H,10,14,16-19H2,1-2H3/b25-21-. The predicted octanol–water partition coefficient (Wildman–Crippen LogP) is 5.67. The first-order valence-corrected chi connectivity index (χ1v) is 12.0. The number of hydrogen-bond donors (Lipinski definition) is 1. The van der Waals surface area contributed by atoms with Crippen LogP contribution in [0.15, 0.2) is 78.9 Å². The van der Waals surface area contributed by atoms with Crippen molar-refractivity contribution >= 4 is 11.5 Å². The number of carbonyl (C=O) groups excluding carboxylic acids is 1. The van der Waals surface area contributed by atoms with Gasteiger partial charge in [-0.1, -0.05) is 66.2 Å². The summed E-state index contributed by atoms with van der Waals surface area (Å²) in [6.07, 6.45) is 3.91. The SMILES string of the molecule is COc1ccc(CC/C(=C/C(=O)N2CCC(O)(c3ccccc3)CC2)c2ccc(C)cc2)cc1F. The molecule has 4 rings (SSSR count). The fourth-order valence-electron chi connectivity index (χ4n) is 4.59. The largest absolute Gasteiger partial charge is 0.494 e. The molecule has 182 valence electrons. The van der Waals surface area contributed by atoms with Gasteiger partial charge in [-0.15, -0.1) is 0 Å². The van der Waals surface area contributed by atoms with Gasteiger partial charge in [0.05, 0.1) is 12.7 Å². The summed E-state index contributed by atoms with van der Waals surface area (Å²) in [5.41, 5.74) is 3.88. The third kappa shape index (κ3) is 5.98. The lowest BCUT2D eigenvalue weighted by molar-refractivity contribution is -0.130. The van der Waals surface area contributed by atoms with Crippen LogP contribution in [0.25, 0.3) is 5.57 Å². The van der Waals surface area contributed by atoms with Gasteiger partial charge in [0.25, 0.3) is 0 Å². The summed E-state index contributed by atoms with van der Waals surface area (Å²) in [7, 11) is 1.45. The molecule has 0 spiro atoms. The molecule has 1 amide bonds. The number of aliphatic hydroxyl groups is 1. The maximum atomic E-state index is 14.2. The van der Waals surface area contributed by atoms with E-state index in [0.717, 1.165) is 27.8 Å². The predicted molar refractivity (Wildman–Crippen MR) is 137 cm³/mol. The molecule has 3 aromatic carbocycles. The van der Waals surface area contributed by atoms with Gasteiger partial charge >= 0.3 is 0 Å². The Morgan fingerprint density at radius 1 is 1.06 bits per heavy atom. The molecule has 0 aromatic heterocycles. The number of allylic oxidation sites excluding steroid dienone is 1. The van der Waals surface area contributed by atoms with E-state index in [2.05, 4.69) is 0 Å². The van der Waals surface area contributed by atoms with Gasteiger partial charge in [0.2, 0.25) is 5.91 Å². The zero-order valence-electron chi connectivity index (χ0n) is 20.3. The third-order valence-corrected chi connectivity index (χ3v) is 6.83. The first-order chi connectivity index (χ1) is 16.9. The first-order valence-electron chi connectivity index (χ1n) is 12.0. The Balaban J connectivity index is 1.49. The van der Waals surface area contributed by atoms with Crippen molar-refractivity contribution in [2.75, 3.05) is 20.2 Å². The number of aryl methyl sites for hydroxylation is 2. The molecule has 0 atom stereocenters. The summed E-state index contributed by atoms with van der Waals surface area (Å²) in [6, 6.07) is 22.7. The molecule has 1 fully saturated rings. The van der Waals surface area contributed by atoms with E-state index in [1.54, 1.807) is 17.0 Å². The van der Waals surface area contributed by atoms with Crippen LogP contribution in [0.2, 0.25) is 0 Å². The molecule has 0 radical (unpaired) electrons. The minimum Gasteiger partial charge on any atom is -0.494 e. The Kier molecular flexibility index (Phi) is 7.67. The number of ether oxygens (including phenoxy) is 1. The Morgan fingerprint density at radius 2 is 1.74 bits per heavy atom. The normalized spacial score (nSPS) is 15.7. The highest BCUT2D eigenvalue weighted by atomic mass is 19.1. The van der Waals surface area contributed by atoms with Crippen LogP contribution in [0.3, 0.4) is 0 Å². The van der Waals surface area contributed by atoms with Crippen LogP contribution in [0, 0.1) is 12.7 Å². The van der Waals surface area contributed by atoms with Crippen LogP contribution in [0.4, 0.5) is 4.39 Å². The number of rotatable bonds is 7. The van der Waals surface area contributed by atoms with Gasteiger partial charge in [0.1, 0.15) is 0 Å². The highest BCUT2D eigenvalue weighted by molar-refractivity contribution is 5.95. The highest BCUT2D eigenvalue weighted by Crippen LogP contribution is 2.33. The number of likely N-dealkylation sites (tertiary alicyclic amines) is 1. The average Bonchev–Trinajstić information content (AvgIpc) is 2.88. The van der Waals surface area contributed by atoms with E-state index < -0.39 is 5.60 Å². The van der Waals surface area contributed by atoms with Crippen molar-refractivity contribution in [2.45, 2.75) is 38.2 Å². The molecule has 0 bridgehead atoms. The lowest BCUT2D eigenvalue weighted by atomic mass is 9.84. The number of amides is 1. The zero-order valence-corrected chi connectivity index (χ0v) is 20.3. The van der Waals surface area contributed by atoms with E-state index >= 15 is 0 Å². The van der Waals surface area contributed by atoms with Crippen LogP contribution in [0.1, 0.15) is 41.5 Å². The van der Waals surface area contributed by atoms with E-state index in [1.807, 2.05) is 67.6 Å². The molecule has 1 N–H and O–H groups in total. The zero-order chi connectivity index (χ0) is 24.8. The van der Waals surface area contributed by atoms with E-state index in [0.29, 0.717) is 38.8 Å². The number of halogens is 1. The van der Waals surface area contributed by atoms with Crippen molar-refractivity contribution < 1.29 is 19.0 Å². The Morgan fingerprint density at radius 3 is 2.37 bits per heavy atom. The van der Waals surface area contributed by atoms with Gasteiger partial charge in [-0.3, -0.25) is 4.79 Å². The summed E-state index contributed by atoms with van der Waals surface area (Å²) in [4.78, 5) is 15.0. The van der Waals surface area contributed by atoms with Crippen molar-refractivity contribution in [1.29, 1.82) is 0 Å². The molecule has 1 aliphatic rings. The summed E-state index contributed by atoms with van der Waals surface area (Å²) in [5.74, 6) is -0.225. The summed E-state index contributed by atoms with van der Waals surface area (Å²) in [5, 5.41) is 11.1. The second kappa shape index (κ2) is 10.9. The number of piperidine rings is 1. The second-order valence-electron chi connectivity index (χ2n) is 9.23. The highest BCUT2D eigenvalue weighted by Gasteiger charge is 2.35. The number of methoxy groups -OCH3 is 1. The number of benzene rings is 3. The molecule has 0 unspecified atom stereocenters. The van der Waals surface area contributed by atoms with Gasteiger partial charge in [-0.2, -0.15) is 0 Å². The van der Waals surface area contributed by atoms with Crippen LogP contribution in [-0.4, -0.2) is 36.1 Å². The van der Waals surface area contributed by atoms with Crippen LogP contribution >= 0.6 is 0 Å². The molecule has 4 nitrogen and oxygen atoms in total. The monoisotopic (exact) mass is 473 g/mol. The van der Waals surface area contributed by atoms with Gasteiger partial charge in [0.15, 0.2) is 11.6 Å². The molecular weight excluding hydrogens is 441 g/mol. The summed E-state index contributed by atoms with van der Waals surface area (Å²) >= 11 is 0. The summed E-state index contributed by atoms with van der Waals surface area (Å²) < 4.78 is 19.2. The molecule has 0 saturated carbocycles. The van der Waals surface area contributed by atoms with Crippen molar-refractivity contribution in [3.63, 3.8) is 0 Å². The topological polar surface area (TPSA) is 49.8 Å². The lowest BCUT2D eigenvalue weighted by Crippen LogP contribution is -2.44. The minimum atomic E-state index is -0.903. The molecule has 3 aromatic rings. The smallest absolute Gasteiger partial charge is 0.246 e. The first kappa shape index (κ1) is 24.7. The van der Waals surface area contributed by atoms with Crippen molar-refractivity contribution in [2.24, 2.45) is 0 Å². The summed E-state index contributed by atoms with van der Waals surface area (Å²) in [6.45, 7) is 3.01. The molecule has 1 aliphatic heterocycles. The van der Waals surface area contributed by atoms with Gasteiger partial charge < -0.3 is 14.7 Å². The Bertz CT molecular complexity index is 1180. The Labute approximate surface area is 206 Å². The molecule has 5 heteroatoms. The Hall–Kier alpha value is -3.44. The van der Waals surface area contributed by atoms with Crippen molar-refractivity contribution in [1.82, 2.24) is 4.90 Å². The van der Waals surface area contributed by atoms with Gasteiger partial charge in [0, 0.05) is 19.2 Å². The molecule has 1 heterocycles. The maximum Gasteiger partial charge on any atom is 0.246 e. The van der Waals surface area contributed by atoms with Crippen molar-refractivity contribution in [3.8, 4) is 5.75 Å². The lowest BCUT2D eigenvalue weighted by Gasteiger charge is -2.38. The second-order valence-corrected chi connectivity index (χ2v) is 9.23. The van der Waals surface area contributed by atoms with E-state index in [1.165, 1.54) is 13.2 Å². The van der Waals surface area contributed by atoms with Crippen LogP contribution in [-0.2, 0) is 16.8 Å². The number of carbonyl (C=O) groups is 1. The molecular formula is C30H32FNO3. The number of nitrogens with zero attached hydrogens (tertiary/aromatic N) is 1. The van der Waals surface area contributed by atoms with E-state index in [9.17, 15) is 14.3 Å². The fraction of sp³-hybridized carbons (Fsp3) is 0.300. The van der Waals surface area contributed by atoms with Crippen molar-refractivity contribution in [3.05, 3.63) is 107 Å². The van der Waals surface area contributed by atoms with E-state index in [-0.39, 0.29) is 17.5 Å². The fourth-order valence-corrected chi connectivity index (χ4v) is 4.59. The quantitative estimate of drug-likeness (QED) is 0.450. The van der Waals surface area contributed by atoms with E-state index in [4.69, 9.17) is 4.74 Å². The van der Waals surface area contributed by atoms with Crippen LogP contribution in [0.5, 0.6) is 5.75 Å². The van der Waals surface area contributed by atoms with Gasteiger partial charge in [-0.05, 0) is 67.0 Å². The molecule has 1 saturated heterocycles. The maximum absolute atomic E-state index is 14.2. The minimum absolute atomic E-state index is 0.0587. The van der Waals surface area contributed by atoms with Crippen LogP contribution < -0.4 is 4.74 Å². The average molecular weight is 474 g/mol. The molecule has 35 heavy (non-hydrogen) atoms. The van der Waals surface area contributed by atoms with Gasteiger partial charge in [-0.25, -0.2) is 4.39 Å². The number of hydrogen-bond acceptors (Lipinski definition) is 3. The third-order valence-electron chi connectivity index (χ3n) is 6.83.